The number of rotatable bonds is 8. The molecule has 0 heterocycles. The summed E-state index contributed by atoms with van der Waals surface area (Å²) in [5, 5.41) is -0.466. The van der Waals surface area contributed by atoms with Crippen LogP contribution in [0.2, 0.25) is 0 Å². The second-order valence-corrected chi connectivity index (χ2v) is 10.1. The SMILES string of the molecule is CCCCN(Cc1ccc(-c2ccccc2S(=O)(=O)NC(C)(C)C)cc1)C(=O)Cl. The van der Waals surface area contributed by atoms with E-state index in [9.17, 15) is 13.2 Å². The Morgan fingerprint density at radius 2 is 1.69 bits per heavy atom. The lowest BCUT2D eigenvalue weighted by atomic mass is 10.0. The maximum Gasteiger partial charge on any atom is 0.316 e. The van der Waals surface area contributed by atoms with Crippen LogP contribution in [0.15, 0.2) is 53.4 Å². The van der Waals surface area contributed by atoms with Crippen molar-refractivity contribution in [3.8, 4) is 11.1 Å². The second-order valence-electron chi connectivity index (χ2n) is 8.08. The third kappa shape index (κ3) is 6.84. The number of benzene rings is 2. The molecule has 2 aromatic rings. The Morgan fingerprint density at radius 1 is 1.07 bits per heavy atom. The molecule has 0 bridgehead atoms. The van der Waals surface area contributed by atoms with E-state index in [0.717, 1.165) is 24.0 Å². The van der Waals surface area contributed by atoms with Gasteiger partial charge in [0.2, 0.25) is 10.0 Å². The molecular weight excluding hydrogens is 408 g/mol. The molecule has 2 aromatic carbocycles. The van der Waals surface area contributed by atoms with Gasteiger partial charge in [-0.05, 0) is 56.0 Å². The van der Waals surface area contributed by atoms with Crippen LogP contribution in [0, 0.1) is 0 Å². The van der Waals surface area contributed by atoms with E-state index in [1.165, 1.54) is 0 Å². The fourth-order valence-electron chi connectivity index (χ4n) is 2.99. The number of unbranched alkanes of at least 4 members (excludes halogenated alkanes) is 1. The second kappa shape index (κ2) is 9.74. The quantitative estimate of drug-likeness (QED) is 0.445. The highest BCUT2D eigenvalue weighted by molar-refractivity contribution is 7.89. The van der Waals surface area contributed by atoms with Gasteiger partial charge in [0.25, 0.3) is 0 Å². The molecule has 0 aliphatic heterocycles. The summed E-state index contributed by atoms with van der Waals surface area (Å²) in [7, 11) is -3.67. The fourth-order valence-corrected chi connectivity index (χ4v) is 4.78. The van der Waals surface area contributed by atoms with E-state index < -0.39 is 20.9 Å². The molecule has 2 rings (SSSR count). The zero-order chi connectivity index (χ0) is 21.7. The van der Waals surface area contributed by atoms with Crippen LogP contribution in [0.5, 0.6) is 0 Å². The molecule has 1 N–H and O–H groups in total. The molecule has 7 heteroatoms. The van der Waals surface area contributed by atoms with Crippen LogP contribution in [0.4, 0.5) is 4.79 Å². The molecule has 0 atom stereocenters. The lowest BCUT2D eigenvalue weighted by Crippen LogP contribution is -2.40. The van der Waals surface area contributed by atoms with Crippen molar-refractivity contribution in [1.82, 2.24) is 9.62 Å². The predicted molar refractivity (Wildman–Crippen MR) is 119 cm³/mol. The van der Waals surface area contributed by atoms with Gasteiger partial charge in [-0.25, -0.2) is 13.1 Å². The molecule has 0 spiro atoms. The van der Waals surface area contributed by atoms with Crippen LogP contribution in [0.3, 0.4) is 0 Å². The number of sulfonamides is 1. The van der Waals surface area contributed by atoms with Gasteiger partial charge in [-0.1, -0.05) is 55.8 Å². The van der Waals surface area contributed by atoms with Gasteiger partial charge in [0.05, 0.1) is 4.90 Å². The van der Waals surface area contributed by atoms with E-state index in [-0.39, 0.29) is 4.90 Å². The predicted octanol–water partition coefficient (Wildman–Crippen LogP) is 5.39. The summed E-state index contributed by atoms with van der Waals surface area (Å²) in [4.78, 5) is 13.5. The fraction of sp³-hybridized carbons (Fsp3) is 0.409. The molecule has 5 nitrogen and oxygen atoms in total. The number of carbonyl (C=O) groups excluding carboxylic acids is 1. The van der Waals surface area contributed by atoms with Crippen LogP contribution < -0.4 is 4.72 Å². The van der Waals surface area contributed by atoms with Crippen LogP contribution in [0.1, 0.15) is 46.1 Å². The molecule has 0 aromatic heterocycles. The number of nitrogens with zero attached hydrogens (tertiary/aromatic N) is 1. The highest BCUT2D eigenvalue weighted by atomic mass is 35.5. The Morgan fingerprint density at radius 3 is 2.24 bits per heavy atom. The molecule has 158 valence electrons. The van der Waals surface area contributed by atoms with Crippen molar-refractivity contribution in [3.63, 3.8) is 0 Å². The van der Waals surface area contributed by atoms with E-state index in [1.54, 1.807) is 23.1 Å². The largest absolute Gasteiger partial charge is 0.325 e. The highest BCUT2D eigenvalue weighted by Crippen LogP contribution is 2.28. The van der Waals surface area contributed by atoms with Crippen molar-refractivity contribution in [1.29, 1.82) is 0 Å². The van der Waals surface area contributed by atoms with E-state index in [2.05, 4.69) is 11.6 Å². The summed E-state index contributed by atoms with van der Waals surface area (Å²) in [6.45, 7) is 8.53. The maximum atomic E-state index is 12.9. The molecular formula is C22H29ClN2O3S. The summed E-state index contributed by atoms with van der Waals surface area (Å²) in [6, 6.07) is 14.5. The van der Waals surface area contributed by atoms with E-state index in [1.807, 2.05) is 51.1 Å². The van der Waals surface area contributed by atoms with Crippen molar-refractivity contribution in [2.75, 3.05) is 6.54 Å². The average molecular weight is 437 g/mol. The Hall–Kier alpha value is -1.89. The zero-order valence-electron chi connectivity index (χ0n) is 17.4. The Kier molecular flexibility index (Phi) is 7.86. The van der Waals surface area contributed by atoms with E-state index >= 15 is 0 Å². The van der Waals surface area contributed by atoms with E-state index in [0.29, 0.717) is 18.7 Å². The van der Waals surface area contributed by atoms with Gasteiger partial charge in [0.1, 0.15) is 0 Å². The van der Waals surface area contributed by atoms with Crippen LogP contribution >= 0.6 is 11.6 Å². The summed E-state index contributed by atoms with van der Waals surface area (Å²) in [5.41, 5.74) is 1.78. The first-order chi connectivity index (χ1) is 13.5. The Bertz CT molecular complexity index is 935. The van der Waals surface area contributed by atoms with Crippen molar-refractivity contribution in [2.24, 2.45) is 0 Å². The van der Waals surface area contributed by atoms with Gasteiger partial charge >= 0.3 is 5.37 Å². The third-order valence-electron chi connectivity index (χ3n) is 4.29. The van der Waals surface area contributed by atoms with Gasteiger partial charge < -0.3 is 4.90 Å². The minimum absolute atomic E-state index is 0.239. The van der Waals surface area contributed by atoms with Crippen molar-refractivity contribution >= 4 is 27.0 Å². The molecule has 0 radical (unpaired) electrons. The molecule has 0 fully saturated rings. The molecule has 29 heavy (non-hydrogen) atoms. The van der Waals surface area contributed by atoms with Gasteiger partial charge in [-0.3, -0.25) is 4.79 Å². The Balaban J connectivity index is 2.30. The van der Waals surface area contributed by atoms with Gasteiger partial charge in [-0.2, -0.15) is 0 Å². The van der Waals surface area contributed by atoms with Gasteiger partial charge in [-0.15, -0.1) is 0 Å². The normalized spacial score (nSPS) is 12.0. The first-order valence-electron chi connectivity index (χ1n) is 9.70. The number of halogens is 1. The number of nitrogens with one attached hydrogen (secondary N) is 1. The number of amides is 1. The van der Waals surface area contributed by atoms with Gasteiger partial charge in [0, 0.05) is 24.2 Å². The highest BCUT2D eigenvalue weighted by Gasteiger charge is 2.24. The minimum Gasteiger partial charge on any atom is -0.325 e. The number of hydrogen-bond acceptors (Lipinski definition) is 3. The van der Waals surface area contributed by atoms with Crippen molar-refractivity contribution in [3.05, 3.63) is 54.1 Å². The topological polar surface area (TPSA) is 66.5 Å². The minimum atomic E-state index is -3.67. The average Bonchev–Trinajstić information content (AvgIpc) is 2.63. The number of hydrogen-bond donors (Lipinski definition) is 1. The Labute approximate surface area is 179 Å². The molecule has 0 aliphatic carbocycles. The lowest BCUT2D eigenvalue weighted by molar-refractivity contribution is 0.218. The molecule has 0 unspecified atom stereocenters. The third-order valence-corrected chi connectivity index (χ3v) is 6.34. The first-order valence-corrected chi connectivity index (χ1v) is 11.6. The van der Waals surface area contributed by atoms with Gasteiger partial charge in [0.15, 0.2) is 0 Å². The van der Waals surface area contributed by atoms with Crippen LogP contribution in [-0.2, 0) is 16.6 Å². The monoisotopic (exact) mass is 436 g/mol. The standard InChI is InChI=1S/C22H29ClN2O3S/c1-5-6-15-25(21(23)26)16-17-11-13-18(14-12-17)19-9-7-8-10-20(19)29(27,28)24-22(2,3)4/h7-14,24H,5-6,15-16H2,1-4H3. The zero-order valence-corrected chi connectivity index (χ0v) is 19.0. The van der Waals surface area contributed by atoms with Crippen LogP contribution in [0.25, 0.3) is 11.1 Å². The summed E-state index contributed by atoms with van der Waals surface area (Å²) in [6.07, 6.45) is 1.87. The summed E-state index contributed by atoms with van der Waals surface area (Å²) in [5.74, 6) is 0. The lowest BCUT2D eigenvalue weighted by Gasteiger charge is -2.22. The molecule has 1 amide bonds. The van der Waals surface area contributed by atoms with E-state index in [4.69, 9.17) is 11.6 Å². The summed E-state index contributed by atoms with van der Waals surface area (Å²) >= 11 is 5.69. The van der Waals surface area contributed by atoms with Crippen LogP contribution in [-0.4, -0.2) is 30.8 Å². The first kappa shape index (κ1) is 23.4. The maximum absolute atomic E-state index is 12.9. The number of carbonyl (C=O) groups is 1. The smallest absolute Gasteiger partial charge is 0.316 e. The van der Waals surface area contributed by atoms with Crippen molar-refractivity contribution < 1.29 is 13.2 Å². The molecule has 0 saturated carbocycles. The van der Waals surface area contributed by atoms with Crippen molar-refractivity contribution in [2.45, 2.75) is 57.5 Å². The molecule has 0 aliphatic rings. The molecule has 0 saturated heterocycles. The summed E-state index contributed by atoms with van der Waals surface area (Å²) < 4.78 is 28.4.